The minimum Gasteiger partial charge on any atom is -0.374 e. The average Bonchev–Trinajstić information content (AvgIpc) is 2.74. The van der Waals surface area contributed by atoms with Crippen LogP contribution in [0.2, 0.25) is 0 Å². The van der Waals surface area contributed by atoms with Gasteiger partial charge in [0.15, 0.2) is 0 Å². The Balaban J connectivity index is 2.20. The van der Waals surface area contributed by atoms with Gasteiger partial charge >= 0.3 is 0 Å². The fourth-order valence-corrected chi connectivity index (χ4v) is 2.93. The zero-order chi connectivity index (χ0) is 12.9. The highest BCUT2D eigenvalue weighted by Gasteiger charge is 2.32. The first-order valence-corrected chi connectivity index (χ1v) is 7.00. The van der Waals surface area contributed by atoms with Crippen LogP contribution in [0.25, 0.3) is 5.69 Å². The smallest absolute Gasteiger partial charge is 0.0717 e. The van der Waals surface area contributed by atoms with Crippen molar-refractivity contribution < 1.29 is 0 Å². The molecule has 1 aromatic heterocycles. The minimum atomic E-state index is 0.177. The molecule has 0 saturated carbocycles. The third-order valence-corrected chi connectivity index (χ3v) is 3.95. The van der Waals surface area contributed by atoms with E-state index in [1.54, 1.807) is 0 Å². The van der Waals surface area contributed by atoms with Gasteiger partial charge in [-0.2, -0.15) is 0 Å². The lowest BCUT2D eigenvalue weighted by Gasteiger charge is -2.37. The number of rotatable bonds is 0. The Hall–Kier alpha value is -1.22. The molecule has 0 fully saturated rings. The topological polar surface area (TPSA) is 17.0 Å². The van der Waals surface area contributed by atoms with Crippen LogP contribution in [0.15, 0.2) is 41.0 Å². The zero-order valence-electron chi connectivity index (χ0n) is 10.9. The van der Waals surface area contributed by atoms with E-state index in [0.717, 1.165) is 4.47 Å². The van der Waals surface area contributed by atoms with Crippen LogP contribution in [0.5, 0.6) is 0 Å². The first-order valence-electron chi connectivity index (χ1n) is 6.20. The molecule has 2 heterocycles. The summed E-state index contributed by atoms with van der Waals surface area (Å²) in [4.78, 5) is 0. The van der Waals surface area contributed by atoms with Crippen molar-refractivity contribution in [2.45, 2.75) is 26.8 Å². The lowest BCUT2D eigenvalue weighted by molar-refractivity contribution is 0.336. The zero-order valence-corrected chi connectivity index (χ0v) is 12.5. The lowest BCUT2D eigenvalue weighted by atomic mass is 9.83. The number of hydrogen-bond acceptors (Lipinski definition) is 1. The van der Waals surface area contributed by atoms with Crippen LogP contribution in [0.3, 0.4) is 0 Å². The molecule has 18 heavy (non-hydrogen) atoms. The summed E-state index contributed by atoms with van der Waals surface area (Å²) in [6.07, 6.45) is 2.14. The van der Waals surface area contributed by atoms with E-state index in [1.165, 1.54) is 17.1 Å². The van der Waals surface area contributed by atoms with Crippen molar-refractivity contribution >= 4 is 21.6 Å². The van der Waals surface area contributed by atoms with E-state index in [2.05, 4.69) is 83.1 Å². The van der Waals surface area contributed by atoms with E-state index in [1.807, 2.05) is 0 Å². The number of aromatic nitrogens is 1. The van der Waals surface area contributed by atoms with E-state index >= 15 is 0 Å². The minimum absolute atomic E-state index is 0.177. The molecule has 1 unspecified atom stereocenters. The summed E-state index contributed by atoms with van der Waals surface area (Å²) in [7, 11) is 0. The van der Waals surface area contributed by atoms with Crippen LogP contribution in [0.4, 0.5) is 5.69 Å². The average molecular weight is 305 g/mol. The lowest BCUT2D eigenvalue weighted by Crippen LogP contribution is -2.31. The molecule has 0 bridgehead atoms. The molecule has 1 N–H and O–H groups in total. The number of fused-ring (bicyclic) bond motifs is 3. The monoisotopic (exact) mass is 304 g/mol. The molecule has 2 aromatic rings. The van der Waals surface area contributed by atoms with E-state index in [4.69, 9.17) is 0 Å². The van der Waals surface area contributed by atoms with Gasteiger partial charge < -0.3 is 9.88 Å². The standard InChI is InChI=1S/C15H17BrN2/c1-15(2,3)14-13-5-4-8-18(13)12-7-6-10(16)9-11(12)17-14/h4-9,14,17H,1-3H3. The van der Waals surface area contributed by atoms with Crippen LogP contribution < -0.4 is 5.32 Å². The van der Waals surface area contributed by atoms with E-state index in [0.29, 0.717) is 6.04 Å². The van der Waals surface area contributed by atoms with Gasteiger partial charge in [0.2, 0.25) is 0 Å². The molecule has 0 radical (unpaired) electrons. The van der Waals surface area contributed by atoms with Crippen LogP contribution in [0, 0.1) is 5.41 Å². The molecule has 0 aliphatic carbocycles. The van der Waals surface area contributed by atoms with Gasteiger partial charge in [0.1, 0.15) is 0 Å². The maximum Gasteiger partial charge on any atom is 0.0717 e. The molecule has 0 amide bonds. The first-order chi connectivity index (χ1) is 8.47. The summed E-state index contributed by atoms with van der Waals surface area (Å²) in [5.41, 5.74) is 3.92. The second-order valence-electron chi connectivity index (χ2n) is 5.91. The largest absolute Gasteiger partial charge is 0.374 e. The Morgan fingerprint density at radius 2 is 2.00 bits per heavy atom. The van der Waals surface area contributed by atoms with E-state index in [9.17, 15) is 0 Å². The molecule has 1 aliphatic rings. The third kappa shape index (κ3) is 1.77. The molecule has 94 valence electrons. The van der Waals surface area contributed by atoms with Crippen molar-refractivity contribution in [2.24, 2.45) is 5.41 Å². The molecule has 1 atom stereocenters. The SMILES string of the molecule is CC(C)(C)C1Nc2cc(Br)ccc2-n2cccc21. The maximum absolute atomic E-state index is 3.67. The Labute approximate surface area is 116 Å². The van der Waals surface area contributed by atoms with Gasteiger partial charge in [-0.05, 0) is 35.7 Å². The maximum atomic E-state index is 3.67. The summed E-state index contributed by atoms with van der Waals surface area (Å²) < 4.78 is 3.39. The van der Waals surface area contributed by atoms with Crippen molar-refractivity contribution in [3.63, 3.8) is 0 Å². The summed E-state index contributed by atoms with van der Waals surface area (Å²) in [5.74, 6) is 0. The molecule has 2 nitrogen and oxygen atoms in total. The molecular weight excluding hydrogens is 288 g/mol. The summed E-state index contributed by atoms with van der Waals surface area (Å²) in [6, 6.07) is 11.0. The highest BCUT2D eigenvalue weighted by molar-refractivity contribution is 9.10. The summed E-state index contributed by atoms with van der Waals surface area (Å²) in [6.45, 7) is 6.81. The Morgan fingerprint density at radius 1 is 1.22 bits per heavy atom. The second kappa shape index (κ2) is 3.89. The fraction of sp³-hybridized carbons (Fsp3) is 0.333. The van der Waals surface area contributed by atoms with Crippen molar-refractivity contribution in [2.75, 3.05) is 5.32 Å². The van der Waals surface area contributed by atoms with Gasteiger partial charge in [0.25, 0.3) is 0 Å². The number of hydrogen-bond donors (Lipinski definition) is 1. The van der Waals surface area contributed by atoms with Crippen molar-refractivity contribution in [1.29, 1.82) is 0 Å². The molecule has 0 spiro atoms. The van der Waals surface area contributed by atoms with E-state index in [-0.39, 0.29) is 5.41 Å². The van der Waals surface area contributed by atoms with Gasteiger partial charge in [-0.25, -0.2) is 0 Å². The van der Waals surface area contributed by atoms with Gasteiger partial charge in [0.05, 0.1) is 17.4 Å². The highest BCUT2D eigenvalue weighted by atomic mass is 79.9. The summed E-state index contributed by atoms with van der Waals surface area (Å²) in [5, 5.41) is 3.67. The second-order valence-corrected chi connectivity index (χ2v) is 6.82. The quantitative estimate of drug-likeness (QED) is 0.743. The molecular formula is C15H17BrN2. The number of halogens is 1. The van der Waals surface area contributed by atoms with Gasteiger partial charge in [0, 0.05) is 16.4 Å². The molecule has 0 saturated heterocycles. The molecule has 3 rings (SSSR count). The Kier molecular flexibility index (Phi) is 2.56. The summed E-state index contributed by atoms with van der Waals surface area (Å²) >= 11 is 3.54. The number of nitrogens with one attached hydrogen (secondary N) is 1. The Morgan fingerprint density at radius 3 is 2.72 bits per heavy atom. The van der Waals surface area contributed by atoms with Crippen LogP contribution >= 0.6 is 15.9 Å². The van der Waals surface area contributed by atoms with Crippen LogP contribution in [-0.4, -0.2) is 4.57 Å². The van der Waals surface area contributed by atoms with E-state index < -0.39 is 0 Å². The van der Waals surface area contributed by atoms with Crippen molar-refractivity contribution in [3.05, 3.63) is 46.7 Å². The van der Waals surface area contributed by atoms with Crippen molar-refractivity contribution in [3.8, 4) is 5.69 Å². The van der Waals surface area contributed by atoms with Crippen LogP contribution in [-0.2, 0) is 0 Å². The molecule has 1 aliphatic heterocycles. The Bertz CT molecular complexity index is 593. The fourth-order valence-electron chi connectivity index (χ4n) is 2.57. The number of nitrogens with zero attached hydrogens (tertiary/aromatic N) is 1. The number of anilines is 1. The van der Waals surface area contributed by atoms with Crippen LogP contribution in [0.1, 0.15) is 32.5 Å². The first kappa shape index (κ1) is 11.8. The predicted octanol–water partition coefficient (Wildman–Crippen LogP) is 4.75. The molecule has 3 heteroatoms. The molecule has 1 aromatic carbocycles. The predicted molar refractivity (Wildman–Crippen MR) is 79.3 cm³/mol. The van der Waals surface area contributed by atoms with Gasteiger partial charge in [-0.15, -0.1) is 0 Å². The normalized spacial score (nSPS) is 17.9. The van der Waals surface area contributed by atoms with Gasteiger partial charge in [-0.3, -0.25) is 0 Å². The third-order valence-electron chi connectivity index (χ3n) is 3.46. The van der Waals surface area contributed by atoms with Crippen molar-refractivity contribution in [1.82, 2.24) is 4.57 Å². The highest BCUT2D eigenvalue weighted by Crippen LogP contribution is 2.42. The van der Waals surface area contributed by atoms with Gasteiger partial charge in [-0.1, -0.05) is 36.7 Å². The number of benzene rings is 1.